The molecule has 2 rings (SSSR count). The largest absolute Gasteiger partial charge is 0.356 e. The lowest BCUT2D eigenvalue weighted by atomic mass is 10.1. The third-order valence-corrected chi connectivity index (χ3v) is 3.64. The number of aryl methyl sites for hydroxylation is 1. The van der Waals surface area contributed by atoms with Crippen molar-refractivity contribution in [2.75, 3.05) is 6.54 Å². The van der Waals surface area contributed by atoms with Crippen LogP contribution in [0.5, 0.6) is 0 Å². The van der Waals surface area contributed by atoms with Gasteiger partial charge >= 0.3 is 0 Å². The van der Waals surface area contributed by atoms with Gasteiger partial charge in [-0.15, -0.1) is 12.4 Å². The minimum Gasteiger partial charge on any atom is -0.356 e. The fourth-order valence-electron chi connectivity index (χ4n) is 2.60. The molecule has 0 radical (unpaired) electrons. The van der Waals surface area contributed by atoms with Gasteiger partial charge in [0.25, 0.3) is 0 Å². The summed E-state index contributed by atoms with van der Waals surface area (Å²) in [6.07, 6.45) is 3.66. The highest BCUT2D eigenvalue weighted by Crippen LogP contribution is 2.23. The van der Waals surface area contributed by atoms with Crippen molar-refractivity contribution in [3.63, 3.8) is 0 Å². The van der Waals surface area contributed by atoms with Crippen LogP contribution in [0.3, 0.4) is 0 Å². The van der Waals surface area contributed by atoms with E-state index in [0.717, 1.165) is 25.7 Å². The molecule has 1 fully saturated rings. The third kappa shape index (κ3) is 4.84. The maximum absolute atomic E-state index is 11.9. The summed E-state index contributed by atoms with van der Waals surface area (Å²) >= 11 is 0. The molecule has 1 saturated carbocycles. The highest BCUT2D eigenvalue weighted by atomic mass is 35.5. The zero-order chi connectivity index (χ0) is 13.0. The number of benzene rings is 1. The first kappa shape index (κ1) is 16.0. The summed E-state index contributed by atoms with van der Waals surface area (Å²) in [6.45, 7) is 2.80. The second-order valence-electron chi connectivity index (χ2n) is 5.30. The van der Waals surface area contributed by atoms with E-state index in [1.165, 1.54) is 11.1 Å². The Bertz CT molecular complexity index is 422. The summed E-state index contributed by atoms with van der Waals surface area (Å²) in [4.78, 5) is 11.9. The zero-order valence-corrected chi connectivity index (χ0v) is 12.2. The molecule has 106 valence electrons. The number of hydrogen-bond donors (Lipinski definition) is 2. The number of carbonyl (C=O) groups is 1. The molecule has 0 aliphatic heterocycles. The molecule has 0 aromatic heterocycles. The van der Waals surface area contributed by atoms with Crippen LogP contribution in [-0.2, 0) is 11.2 Å². The third-order valence-electron chi connectivity index (χ3n) is 3.64. The predicted molar refractivity (Wildman–Crippen MR) is 80.5 cm³/mol. The Labute approximate surface area is 121 Å². The number of amides is 1. The Kier molecular flexibility index (Phi) is 6.32. The second kappa shape index (κ2) is 7.51. The van der Waals surface area contributed by atoms with Gasteiger partial charge in [-0.3, -0.25) is 4.79 Å². The van der Waals surface area contributed by atoms with Gasteiger partial charge in [0.1, 0.15) is 0 Å². The smallest absolute Gasteiger partial charge is 0.223 e. The molecular weight excluding hydrogens is 260 g/mol. The molecule has 0 spiro atoms. The zero-order valence-electron chi connectivity index (χ0n) is 11.4. The Morgan fingerprint density at radius 3 is 2.84 bits per heavy atom. The van der Waals surface area contributed by atoms with E-state index in [9.17, 15) is 4.79 Å². The van der Waals surface area contributed by atoms with Crippen LogP contribution in [0.15, 0.2) is 24.3 Å². The Morgan fingerprint density at radius 1 is 1.42 bits per heavy atom. The van der Waals surface area contributed by atoms with Crippen LogP contribution < -0.4 is 11.1 Å². The number of rotatable bonds is 4. The van der Waals surface area contributed by atoms with Crippen LogP contribution >= 0.6 is 12.4 Å². The van der Waals surface area contributed by atoms with Gasteiger partial charge in [-0.05, 0) is 38.2 Å². The van der Waals surface area contributed by atoms with Crippen LogP contribution in [0, 0.1) is 12.8 Å². The fraction of sp³-hybridized carbons (Fsp3) is 0.533. The molecular formula is C15H23ClN2O. The van der Waals surface area contributed by atoms with E-state index in [1.54, 1.807) is 0 Å². The first-order chi connectivity index (χ1) is 8.65. The van der Waals surface area contributed by atoms with Gasteiger partial charge in [0, 0.05) is 18.5 Å². The van der Waals surface area contributed by atoms with Gasteiger partial charge in [0.05, 0.1) is 0 Å². The Hall–Kier alpha value is -1.06. The quantitative estimate of drug-likeness (QED) is 0.890. The molecule has 19 heavy (non-hydrogen) atoms. The molecule has 1 aromatic rings. The van der Waals surface area contributed by atoms with Crippen LogP contribution in [0.2, 0.25) is 0 Å². The maximum Gasteiger partial charge on any atom is 0.223 e. The van der Waals surface area contributed by atoms with E-state index in [0.29, 0.717) is 6.54 Å². The fourth-order valence-corrected chi connectivity index (χ4v) is 2.60. The van der Waals surface area contributed by atoms with Gasteiger partial charge in [-0.25, -0.2) is 0 Å². The van der Waals surface area contributed by atoms with Crippen molar-refractivity contribution in [2.24, 2.45) is 11.7 Å². The van der Waals surface area contributed by atoms with Gasteiger partial charge in [0.2, 0.25) is 5.91 Å². The Morgan fingerprint density at radius 2 is 2.21 bits per heavy atom. The summed E-state index contributed by atoms with van der Waals surface area (Å²) in [5, 5.41) is 3.02. The van der Waals surface area contributed by atoms with Gasteiger partial charge < -0.3 is 11.1 Å². The number of hydrogen-bond acceptors (Lipinski definition) is 2. The van der Waals surface area contributed by atoms with E-state index in [2.05, 4.69) is 36.5 Å². The predicted octanol–water partition coefficient (Wildman–Crippen LogP) is 2.20. The lowest BCUT2D eigenvalue weighted by Gasteiger charge is -2.10. The van der Waals surface area contributed by atoms with Gasteiger partial charge in [0.15, 0.2) is 0 Å². The lowest BCUT2D eigenvalue weighted by Crippen LogP contribution is -2.31. The SMILES string of the molecule is Cc1cccc(CCNC(=O)C2CCC(N)C2)c1.Cl. The molecule has 0 heterocycles. The summed E-state index contributed by atoms with van der Waals surface area (Å²) in [6, 6.07) is 8.63. The monoisotopic (exact) mass is 282 g/mol. The maximum atomic E-state index is 11.9. The van der Waals surface area contributed by atoms with Crippen molar-refractivity contribution in [1.29, 1.82) is 0 Å². The van der Waals surface area contributed by atoms with Crippen LogP contribution in [0.4, 0.5) is 0 Å². The van der Waals surface area contributed by atoms with Crippen molar-refractivity contribution < 1.29 is 4.79 Å². The highest BCUT2D eigenvalue weighted by Gasteiger charge is 2.27. The molecule has 0 saturated heterocycles. The molecule has 1 aliphatic carbocycles. The van der Waals surface area contributed by atoms with E-state index in [4.69, 9.17) is 5.73 Å². The molecule has 0 bridgehead atoms. The van der Waals surface area contributed by atoms with Crippen LogP contribution in [-0.4, -0.2) is 18.5 Å². The van der Waals surface area contributed by atoms with E-state index in [1.807, 2.05) is 0 Å². The van der Waals surface area contributed by atoms with Gasteiger partial charge in [-0.2, -0.15) is 0 Å². The van der Waals surface area contributed by atoms with Crippen molar-refractivity contribution in [2.45, 2.75) is 38.6 Å². The number of halogens is 1. The van der Waals surface area contributed by atoms with Crippen molar-refractivity contribution >= 4 is 18.3 Å². The molecule has 1 aliphatic rings. The molecule has 2 unspecified atom stereocenters. The first-order valence-corrected chi connectivity index (χ1v) is 6.74. The summed E-state index contributed by atoms with van der Waals surface area (Å²) in [5.74, 6) is 0.313. The topological polar surface area (TPSA) is 55.1 Å². The minimum absolute atomic E-state index is 0. The second-order valence-corrected chi connectivity index (χ2v) is 5.30. The van der Waals surface area contributed by atoms with Crippen molar-refractivity contribution in [1.82, 2.24) is 5.32 Å². The van der Waals surface area contributed by atoms with Crippen molar-refractivity contribution in [3.8, 4) is 0 Å². The summed E-state index contributed by atoms with van der Waals surface area (Å²) < 4.78 is 0. The first-order valence-electron chi connectivity index (χ1n) is 6.74. The highest BCUT2D eigenvalue weighted by molar-refractivity contribution is 5.85. The molecule has 3 N–H and O–H groups in total. The van der Waals surface area contributed by atoms with Gasteiger partial charge in [-0.1, -0.05) is 29.8 Å². The van der Waals surface area contributed by atoms with Crippen LogP contribution in [0.25, 0.3) is 0 Å². The van der Waals surface area contributed by atoms with E-state index >= 15 is 0 Å². The minimum atomic E-state index is 0. The standard InChI is InChI=1S/C15H22N2O.ClH/c1-11-3-2-4-12(9-11)7-8-17-15(18)13-5-6-14(16)10-13;/h2-4,9,13-14H,5-8,10,16H2,1H3,(H,17,18);1H. The number of nitrogens with two attached hydrogens (primary N) is 1. The Balaban J connectivity index is 0.00000180. The molecule has 4 heteroatoms. The number of nitrogens with one attached hydrogen (secondary N) is 1. The molecule has 3 nitrogen and oxygen atoms in total. The number of carbonyl (C=O) groups excluding carboxylic acids is 1. The van der Waals surface area contributed by atoms with E-state index in [-0.39, 0.29) is 30.3 Å². The summed E-state index contributed by atoms with van der Waals surface area (Å²) in [5.41, 5.74) is 8.36. The normalized spacial score (nSPS) is 21.8. The average Bonchev–Trinajstić information content (AvgIpc) is 2.76. The molecule has 1 amide bonds. The van der Waals surface area contributed by atoms with E-state index < -0.39 is 0 Å². The van der Waals surface area contributed by atoms with Crippen LogP contribution in [0.1, 0.15) is 30.4 Å². The average molecular weight is 283 g/mol. The van der Waals surface area contributed by atoms with Crippen molar-refractivity contribution in [3.05, 3.63) is 35.4 Å². The molecule has 2 atom stereocenters. The lowest BCUT2D eigenvalue weighted by molar-refractivity contribution is -0.124. The summed E-state index contributed by atoms with van der Waals surface area (Å²) in [7, 11) is 0. The molecule has 1 aromatic carbocycles.